The van der Waals surface area contributed by atoms with Gasteiger partial charge in [0.2, 0.25) is 5.91 Å². The Hall–Kier alpha value is -2.14. The van der Waals surface area contributed by atoms with Crippen LogP contribution < -0.4 is 14.8 Å². The topological polar surface area (TPSA) is 47.6 Å². The Labute approximate surface area is 147 Å². The molecule has 0 aromatic heterocycles. The Bertz CT molecular complexity index is 731. The van der Waals surface area contributed by atoms with E-state index >= 15 is 0 Å². The Morgan fingerprint density at radius 2 is 1.75 bits per heavy atom. The van der Waals surface area contributed by atoms with Crippen molar-refractivity contribution in [1.29, 1.82) is 0 Å². The first-order valence-corrected chi connectivity index (χ1v) is 8.59. The maximum atomic E-state index is 12.4. The summed E-state index contributed by atoms with van der Waals surface area (Å²) in [6.45, 7) is 5.92. The number of rotatable bonds is 6. The normalized spacial score (nSPS) is 11.7. The monoisotopic (exact) mass is 345 g/mol. The van der Waals surface area contributed by atoms with Crippen LogP contribution in [-0.4, -0.2) is 25.4 Å². The van der Waals surface area contributed by atoms with Crippen molar-refractivity contribution in [1.82, 2.24) is 0 Å². The van der Waals surface area contributed by atoms with Gasteiger partial charge in [0.1, 0.15) is 0 Å². The predicted molar refractivity (Wildman–Crippen MR) is 99.4 cm³/mol. The standard InChI is InChI=1S/C19H23NO3S/c1-12-6-8-16(13(2)10-12)20-19(21)14(3)24-15-7-9-17(22-4)18(11-15)23-5/h6-11,14H,1-5H3,(H,20,21)/t14-/m1/s1. The van der Waals surface area contributed by atoms with Gasteiger partial charge in [-0.3, -0.25) is 4.79 Å². The molecule has 2 rings (SSSR count). The summed E-state index contributed by atoms with van der Waals surface area (Å²) in [4.78, 5) is 13.4. The second kappa shape index (κ2) is 8.11. The van der Waals surface area contributed by atoms with Gasteiger partial charge in [-0.15, -0.1) is 11.8 Å². The van der Waals surface area contributed by atoms with Crippen LogP contribution in [0.1, 0.15) is 18.1 Å². The molecule has 5 heteroatoms. The lowest BCUT2D eigenvalue weighted by Crippen LogP contribution is -2.22. The SMILES string of the molecule is COc1ccc(S[C@H](C)C(=O)Nc2ccc(C)cc2C)cc1OC. The molecule has 0 spiro atoms. The van der Waals surface area contributed by atoms with Crippen molar-refractivity contribution in [3.8, 4) is 11.5 Å². The van der Waals surface area contributed by atoms with E-state index in [-0.39, 0.29) is 11.2 Å². The van der Waals surface area contributed by atoms with E-state index in [9.17, 15) is 4.79 Å². The highest BCUT2D eigenvalue weighted by Crippen LogP contribution is 2.33. The minimum atomic E-state index is -0.233. The number of hydrogen-bond acceptors (Lipinski definition) is 4. The van der Waals surface area contributed by atoms with Crippen LogP contribution in [0, 0.1) is 13.8 Å². The van der Waals surface area contributed by atoms with Crippen molar-refractivity contribution in [3.63, 3.8) is 0 Å². The van der Waals surface area contributed by atoms with E-state index in [1.807, 2.05) is 51.1 Å². The van der Waals surface area contributed by atoms with Crippen molar-refractivity contribution >= 4 is 23.4 Å². The zero-order chi connectivity index (χ0) is 17.7. The lowest BCUT2D eigenvalue weighted by molar-refractivity contribution is -0.115. The van der Waals surface area contributed by atoms with Crippen LogP contribution in [0.2, 0.25) is 0 Å². The van der Waals surface area contributed by atoms with Gasteiger partial charge in [-0.2, -0.15) is 0 Å². The van der Waals surface area contributed by atoms with Crippen molar-refractivity contribution in [3.05, 3.63) is 47.5 Å². The lowest BCUT2D eigenvalue weighted by atomic mass is 10.1. The third-order valence-electron chi connectivity index (χ3n) is 3.68. The zero-order valence-electron chi connectivity index (χ0n) is 14.7. The summed E-state index contributed by atoms with van der Waals surface area (Å²) in [5, 5.41) is 2.76. The van der Waals surface area contributed by atoms with Gasteiger partial charge < -0.3 is 14.8 Å². The Morgan fingerprint density at radius 1 is 1.04 bits per heavy atom. The Kier molecular flexibility index (Phi) is 6.15. The zero-order valence-corrected chi connectivity index (χ0v) is 15.5. The van der Waals surface area contributed by atoms with Gasteiger partial charge in [-0.1, -0.05) is 17.7 Å². The number of benzene rings is 2. The summed E-state index contributed by atoms with van der Waals surface area (Å²) in [5.74, 6) is 1.31. The first kappa shape index (κ1) is 18.2. The van der Waals surface area contributed by atoms with Crippen LogP contribution >= 0.6 is 11.8 Å². The summed E-state index contributed by atoms with van der Waals surface area (Å²) < 4.78 is 10.5. The molecule has 0 aliphatic rings. The Balaban J connectivity index is 2.06. The van der Waals surface area contributed by atoms with Crippen LogP contribution in [0.3, 0.4) is 0 Å². The van der Waals surface area contributed by atoms with Crippen LogP contribution in [0.5, 0.6) is 11.5 Å². The summed E-state index contributed by atoms with van der Waals surface area (Å²) in [5.41, 5.74) is 3.09. The predicted octanol–water partition coefficient (Wildman–Crippen LogP) is 4.44. The van der Waals surface area contributed by atoms with Gasteiger partial charge in [0.25, 0.3) is 0 Å². The number of carbonyl (C=O) groups is 1. The highest BCUT2D eigenvalue weighted by molar-refractivity contribution is 8.00. The average molecular weight is 345 g/mol. The number of ether oxygens (including phenoxy) is 2. The molecule has 4 nitrogen and oxygen atoms in total. The molecule has 24 heavy (non-hydrogen) atoms. The molecule has 0 aliphatic heterocycles. The van der Waals surface area contributed by atoms with Gasteiger partial charge in [-0.05, 0) is 50.6 Å². The molecular weight excluding hydrogens is 322 g/mol. The summed E-state index contributed by atoms with van der Waals surface area (Å²) in [7, 11) is 3.20. The molecule has 1 N–H and O–H groups in total. The summed E-state index contributed by atoms with van der Waals surface area (Å²) in [6, 6.07) is 11.6. The number of hydrogen-bond donors (Lipinski definition) is 1. The largest absolute Gasteiger partial charge is 0.493 e. The molecular formula is C19H23NO3S. The molecule has 1 amide bonds. The maximum absolute atomic E-state index is 12.4. The molecule has 0 unspecified atom stereocenters. The third-order valence-corrected chi connectivity index (χ3v) is 4.77. The van der Waals surface area contributed by atoms with Crippen molar-refractivity contribution in [2.45, 2.75) is 30.9 Å². The van der Waals surface area contributed by atoms with Crippen LogP contribution in [0.15, 0.2) is 41.3 Å². The van der Waals surface area contributed by atoms with Crippen molar-refractivity contribution < 1.29 is 14.3 Å². The van der Waals surface area contributed by atoms with Gasteiger partial charge in [0, 0.05) is 10.6 Å². The fraction of sp³-hybridized carbons (Fsp3) is 0.316. The molecule has 2 aromatic carbocycles. The van der Waals surface area contributed by atoms with E-state index in [0.29, 0.717) is 11.5 Å². The van der Waals surface area contributed by atoms with Gasteiger partial charge in [-0.25, -0.2) is 0 Å². The number of methoxy groups -OCH3 is 2. The number of aryl methyl sites for hydroxylation is 2. The first-order chi connectivity index (χ1) is 11.4. The molecule has 0 saturated carbocycles. The van der Waals surface area contributed by atoms with E-state index in [1.54, 1.807) is 14.2 Å². The minimum absolute atomic E-state index is 0.0262. The molecule has 0 aliphatic carbocycles. The van der Waals surface area contributed by atoms with E-state index in [1.165, 1.54) is 17.3 Å². The second-order valence-electron chi connectivity index (χ2n) is 5.58. The number of thioether (sulfide) groups is 1. The van der Waals surface area contributed by atoms with Crippen molar-refractivity contribution in [2.75, 3.05) is 19.5 Å². The molecule has 0 radical (unpaired) electrons. The quantitative estimate of drug-likeness (QED) is 0.786. The van der Waals surface area contributed by atoms with E-state index in [4.69, 9.17) is 9.47 Å². The molecule has 0 fully saturated rings. The smallest absolute Gasteiger partial charge is 0.237 e. The minimum Gasteiger partial charge on any atom is -0.493 e. The second-order valence-corrected chi connectivity index (χ2v) is 7.00. The Morgan fingerprint density at radius 3 is 2.38 bits per heavy atom. The summed E-state index contributed by atoms with van der Waals surface area (Å²) >= 11 is 1.48. The van der Waals surface area contributed by atoms with E-state index in [0.717, 1.165) is 16.1 Å². The molecule has 0 heterocycles. The van der Waals surface area contributed by atoms with E-state index < -0.39 is 0 Å². The van der Waals surface area contributed by atoms with Gasteiger partial charge >= 0.3 is 0 Å². The molecule has 2 aromatic rings. The summed E-state index contributed by atoms with van der Waals surface area (Å²) in [6.07, 6.45) is 0. The van der Waals surface area contributed by atoms with Gasteiger partial charge in [0.15, 0.2) is 11.5 Å². The number of anilines is 1. The van der Waals surface area contributed by atoms with Crippen LogP contribution in [0.25, 0.3) is 0 Å². The first-order valence-electron chi connectivity index (χ1n) is 7.71. The lowest BCUT2D eigenvalue weighted by Gasteiger charge is -2.15. The third kappa shape index (κ3) is 4.45. The fourth-order valence-corrected chi connectivity index (χ4v) is 3.23. The average Bonchev–Trinajstić information content (AvgIpc) is 2.57. The molecule has 128 valence electrons. The van der Waals surface area contributed by atoms with Crippen LogP contribution in [0.4, 0.5) is 5.69 Å². The number of amides is 1. The van der Waals surface area contributed by atoms with Crippen LogP contribution in [-0.2, 0) is 4.79 Å². The fourth-order valence-electron chi connectivity index (χ4n) is 2.34. The number of nitrogens with one attached hydrogen (secondary N) is 1. The molecule has 0 bridgehead atoms. The van der Waals surface area contributed by atoms with Gasteiger partial charge in [0.05, 0.1) is 19.5 Å². The van der Waals surface area contributed by atoms with Crippen molar-refractivity contribution in [2.24, 2.45) is 0 Å². The highest BCUT2D eigenvalue weighted by Gasteiger charge is 2.16. The highest BCUT2D eigenvalue weighted by atomic mass is 32.2. The maximum Gasteiger partial charge on any atom is 0.237 e. The number of carbonyl (C=O) groups excluding carboxylic acids is 1. The molecule has 1 atom stereocenters. The molecule has 0 saturated heterocycles. The van der Waals surface area contributed by atoms with E-state index in [2.05, 4.69) is 11.4 Å².